The van der Waals surface area contributed by atoms with E-state index in [1.54, 1.807) is 23.1 Å². The summed E-state index contributed by atoms with van der Waals surface area (Å²) in [6.45, 7) is 8.05. The van der Waals surface area contributed by atoms with Crippen LogP contribution >= 0.6 is 0 Å². The fourth-order valence-electron chi connectivity index (χ4n) is 3.97. The van der Waals surface area contributed by atoms with Gasteiger partial charge < -0.3 is 19.3 Å². The number of carbonyl (C=O) groups excluding carboxylic acids is 2. The van der Waals surface area contributed by atoms with E-state index >= 15 is 0 Å². The van der Waals surface area contributed by atoms with Crippen LogP contribution in [0.25, 0.3) is 11.3 Å². The molecule has 2 heterocycles. The summed E-state index contributed by atoms with van der Waals surface area (Å²) >= 11 is 0. The van der Waals surface area contributed by atoms with E-state index in [2.05, 4.69) is 47.1 Å². The summed E-state index contributed by atoms with van der Waals surface area (Å²) in [6.07, 6.45) is 0. The van der Waals surface area contributed by atoms with Gasteiger partial charge in [-0.2, -0.15) is 0 Å². The van der Waals surface area contributed by atoms with Crippen molar-refractivity contribution in [3.8, 4) is 22.8 Å². The molecule has 2 aromatic carbocycles. The molecule has 8 heteroatoms. The number of ketones is 1. The van der Waals surface area contributed by atoms with Crippen LogP contribution in [0, 0.1) is 13.8 Å². The first-order chi connectivity index (χ1) is 16.9. The molecule has 0 bridgehead atoms. The molecule has 0 saturated carbocycles. The fraction of sp³-hybridized carbons (Fsp3) is 0.333. The van der Waals surface area contributed by atoms with Crippen LogP contribution in [0.5, 0.6) is 11.5 Å². The average molecular weight is 475 g/mol. The van der Waals surface area contributed by atoms with Gasteiger partial charge in [-0.15, -0.1) is 10.2 Å². The molecule has 3 aromatic rings. The topological polar surface area (TPSA) is 84.9 Å². The molecule has 4 rings (SSSR count). The number of hydrogen-bond acceptors (Lipinski definition) is 7. The lowest BCUT2D eigenvalue weighted by atomic mass is 10.0. The first kappa shape index (κ1) is 24.2. The number of amides is 1. The molecular formula is C27H30N4O4. The van der Waals surface area contributed by atoms with Gasteiger partial charge in [0.1, 0.15) is 0 Å². The number of carbonyl (C=O) groups is 2. The third-order valence-corrected chi connectivity index (χ3v) is 6.33. The first-order valence-corrected chi connectivity index (χ1v) is 11.6. The summed E-state index contributed by atoms with van der Waals surface area (Å²) in [5.74, 6) is 1.50. The van der Waals surface area contributed by atoms with E-state index in [-0.39, 0.29) is 18.3 Å². The van der Waals surface area contributed by atoms with Gasteiger partial charge in [0.15, 0.2) is 29.7 Å². The molecule has 0 spiro atoms. The van der Waals surface area contributed by atoms with Gasteiger partial charge in [-0.05, 0) is 68.3 Å². The van der Waals surface area contributed by atoms with Crippen LogP contribution in [0.4, 0.5) is 5.82 Å². The fourth-order valence-corrected chi connectivity index (χ4v) is 3.97. The number of aryl methyl sites for hydroxylation is 2. The molecule has 1 aliphatic rings. The van der Waals surface area contributed by atoms with E-state index in [4.69, 9.17) is 9.47 Å². The quantitative estimate of drug-likeness (QED) is 0.483. The highest BCUT2D eigenvalue weighted by molar-refractivity contribution is 5.94. The molecule has 182 valence electrons. The molecule has 35 heavy (non-hydrogen) atoms. The standard InChI is InChI=1S/C27H30N4O4/c1-18-5-6-22(15-19(18)2)23-8-10-26(29-28-23)30-11-13-31(14-12-30)27(33)17-35-24-9-7-21(20(3)32)16-25(24)34-4/h5-10,15-16H,11-14,17H2,1-4H3. The third-order valence-electron chi connectivity index (χ3n) is 6.33. The Bertz CT molecular complexity index is 1220. The lowest BCUT2D eigenvalue weighted by Crippen LogP contribution is -2.50. The highest BCUT2D eigenvalue weighted by atomic mass is 16.5. The number of benzene rings is 2. The Morgan fingerprint density at radius 1 is 0.886 bits per heavy atom. The molecule has 0 radical (unpaired) electrons. The van der Waals surface area contributed by atoms with E-state index in [0.717, 1.165) is 17.1 Å². The first-order valence-electron chi connectivity index (χ1n) is 11.6. The molecule has 1 fully saturated rings. The molecule has 1 aromatic heterocycles. The lowest BCUT2D eigenvalue weighted by molar-refractivity contribution is -0.133. The zero-order valence-corrected chi connectivity index (χ0v) is 20.6. The van der Waals surface area contributed by atoms with Crippen molar-refractivity contribution in [1.82, 2.24) is 15.1 Å². The number of hydrogen-bond donors (Lipinski definition) is 0. The highest BCUT2D eigenvalue weighted by Crippen LogP contribution is 2.28. The molecule has 8 nitrogen and oxygen atoms in total. The minimum absolute atomic E-state index is 0.0617. The maximum atomic E-state index is 12.7. The molecule has 0 atom stereocenters. The van der Waals surface area contributed by atoms with Gasteiger partial charge in [0, 0.05) is 37.3 Å². The Kier molecular flexibility index (Phi) is 7.29. The van der Waals surface area contributed by atoms with Crippen LogP contribution in [-0.2, 0) is 4.79 Å². The monoisotopic (exact) mass is 474 g/mol. The van der Waals surface area contributed by atoms with Gasteiger partial charge in [0.2, 0.25) is 0 Å². The molecule has 0 N–H and O–H groups in total. The molecule has 0 aliphatic carbocycles. The predicted molar refractivity (Wildman–Crippen MR) is 134 cm³/mol. The predicted octanol–water partition coefficient (Wildman–Crippen LogP) is 3.70. The summed E-state index contributed by atoms with van der Waals surface area (Å²) in [4.78, 5) is 28.2. The van der Waals surface area contributed by atoms with Crippen molar-refractivity contribution in [2.24, 2.45) is 0 Å². The number of anilines is 1. The largest absolute Gasteiger partial charge is 0.493 e. The van der Waals surface area contributed by atoms with Gasteiger partial charge in [0.05, 0.1) is 12.8 Å². The van der Waals surface area contributed by atoms with Crippen LogP contribution in [0.15, 0.2) is 48.5 Å². The molecule has 1 amide bonds. The average Bonchev–Trinajstić information content (AvgIpc) is 2.89. The number of piperazine rings is 1. The minimum Gasteiger partial charge on any atom is -0.493 e. The maximum Gasteiger partial charge on any atom is 0.260 e. The van der Waals surface area contributed by atoms with E-state index in [9.17, 15) is 9.59 Å². The van der Waals surface area contributed by atoms with Gasteiger partial charge in [-0.25, -0.2) is 0 Å². The summed E-state index contributed by atoms with van der Waals surface area (Å²) < 4.78 is 11.0. The third kappa shape index (κ3) is 5.59. The summed E-state index contributed by atoms with van der Waals surface area (Å²) in [5, 5.41) is 8.85. The van der Waals surface area contributed by atoms with E-state index in [1.807, 2.05) is 12.1 Å². The molecule has 1 aliphatic heterocycles. The number of ether oxygens (including phenoxy) is 2. The van der Waals surface area contributed by atoms with Crippen LogP contribution in [-0.4, -0.2) is 66.7 Å². The van der Waals surface area contributed by atoms with E-state index in [1.165, 1.54) is 25.2 Å². The second-order valence-corrected chi connectivity index (χ2v) is 8.65. The Morgan fingerprint density at radius 3 is 2.29 bits per heavy atom. The number of methoxy groups -OCH3 is 1. The van der Waals surface area contributed by atoms with Gasteiger partial charge in [-0.3, -0.25) is 9.59 Å². The Labute approximate surface area is 205 Å². The van der Waals surface area contributed by atoms with Crippen molar-refractivity contribution >= 4 is 17.5 Å². The minimum atomic E-state index is -0.0986. The SMILES string of the molecule is COc1cc(C(C)=O)ccc1OCC(=O)N1CCN(c2ccc(-c3ccc(C)c(C)c3)nn2)CC1. The van der Waals surface area contributed by atoms with Crippen LogP contribution in [0.1, 0.15) is 28.4 Å². The normalized spacial score (nSPS) is 13.5. The smallest absolute Gasteiger partial charge is 0.260 e. The maximum absolute atomic E-state index is 12.7. The van der Waals surface area contributed by atoms with Crippen molar-refractivity contribution in [1.29, 1.82) is 0 Å². The molecule has 0 unspecified atom stereocenters. The second kappa shape index (κ2) is 10.5. The van der Waals surface area contributed by atoms with Crippen LogP contribution < -0.4 is 14.4 Å². The Balaban J connectivity index is 1.31. The number of rotatable bonds is 7. The Hall–Kier alpha value is -3.94. The van der Waals surface area contributed by atoms with Gasteiger partial charge in [-0.1, -0.05) is 12.1 Å². The van der Waals surface area contributed by atoms with Crippen molar-refractivity contribution in [2.75, 3.05) is 44.8 Å². The van der Waals surface area contributed by atoms with Gasteiger partial charge >= 0.3 is 0 Å². The van der Waals surface area contributed by atoms with Crippen molar-refractivity contribution in [2.45, 2.75) is 20.8 Å². The van der Waals surface area contributed by atoms with Crippen LogP contribution in [0.2, 0.25) is 0 Å². The lowest BCUT2D eigenvalue weighted by Gasteiger charge is -2.35. The zero-order valence-electron chi connectivity index (χ0n) is 20.6. The van der Waals surface area contributed by atoms with E-state index < -0.39 is 0 Å². The van der Waals surface area contributed by atoms with Crippen molar-refractivity contribution < 1.29 is 19.1 Å². The summed E-state index contributed by atoms with van der Waals surface area (Å²) in [5.41, 5.74) is 4.90. The zero-order chi connectivity index (χ0) is 24.9. The van der Waals surface area contributed by atoms with Crippen LogP contribution in [0.3, 0.4) is 0 Å². The number of aromatic nitrogens is 2. The summed E-state index contributed by atoms with van der Waals surface area (Å²) in [6, 6.07) is 15.2. The number of nitrogens with zero attached hydrogens (tertiary/aromatic N) is 4. The van der Waals surface area contributed by atoms with Crippen molar-refractivity contribution in [3.05, 3.63) is 65.2 Å². The second-order valence-electron chi connectivity index (χ2n) is 8.65. The molecule has 1 saturated heterocycles. The Morgan fingerprint density at radius 2 is 1.66 bits per heavy atom. The molecular weight excluding hydrogens is 444 g/mol. The van der Waals surface area contributed by atoms with Crippen molar-refractivity contribution in [3.63, 3.8) is 0 Å². The number of Topliss-reactive ketones (excluding diaryl/α,β-unsaturated/α-hetero) is 1. The van der Waals surface area contributed by atoms with Gasteiger partial charge in [0.25, 0.3) is 5.91 Å². The van der Waals surface area contributed by atoms with E-state index in [0.29, 0.717) is 43.2 Å². The highest BCUT2D eigenvalue weighted by Gasteiger charge is 2.23. The summed E-state index contributed by atoms with van der Waals surface area (Å²) in [7, 11) is 1.50.